The number of aryl methyl sites for hydroxylation is 1. The van der Waals surface area contributed by atoms with Crippen LogP contribution in [0, 0.1) is 6.92 Å². The molecule has 1 amide bonds. The Morgan fingerprint density at radius 3 is 1.90 bits per heavy atom. The van der Waals surface area contributed by atoms with Crippen molar-refractivity contribution in [3.8, 4) is 5.69 Å². The molecule has 2 rings (SSSR count). The van der Waals surface area contributed by atoms with Crippen LogP contribution in [-0.2, 0) is 10.2 Å². The first-order valence-corrected chi connectivity index (χ1v) is 11.1. The van der Waals surface area contributed by atoms with Crippen LogP contribution < -0.4 is 5.32 Å². The van der Waals surface area contributed by atoms with E-state index in [0.717, 1.165) is 16.9 Å². The zero-order valence-electron chi connectivity index (χ0n) is 17.2. The Balaban J connectivity index is 0.000000373. The van der Waals surface area contributed by atoms with Gasteiger partial charge in [0.1, 0.15) is 5.82 Å². The number of hydrogen-bond acceptors (Lipinski definition) is 3. The number of anilines is 1. The molecule has 2 N–H and O–H groups in total. The minimum absolute atomic E-state index is 0.106. The van der Waals surface area contributed by atoms with Gasteiger partial charge in [0.05, 0.1) is 24.6 Å². The first-order chi connectivity index (χ1) is 14.0. The van der Waals surface area contributed by atoms with Gasteiger partial charge in [0, 0.05) is 11.5 Å². The number of nitrogens with zero attached hydrogens (tertiary/aromatic N) is 2. The summed E-state index contributed by atoms with van der Waals surface area (Å²) >= 11 is 32.0. The van der Waals surface area contributed by atoms with Crippen LogP contribution in [0.5, 0.6) is 0 Å². The molecule has 1 aromatic carbocycles. The summed E-state index contributed by atoms with van der Waals surface area (Å²) in [7, 11) is 0. The van der Waals surface area contributed by atoms with E-state index in [1.54, 1.807) is 10.7 Å². The largest absolute Gasteiger partial charge is 0.465 e. The predicted molar refractivity (Wildman–Crippen MR) is 130 cm³/mol. The van der Waals surface area contributed by atoms with E-state index in [9.17, 15) is 4.79 Å². The molecule has 12 heteroatoms. The summed E-state index contributed by atoms with van der Waals surface area (Å²) in [6.45, 7) is 7.92. The summed E-state index contributed by atoms with van der Waals surface area (Å²) < 4.78 is 3.47. The van der Waals surface area contributed by atoms with Crippen molar-refractivity contribution >= 4 is 81.5 Å². The Morgan fingerprint density at radius 2 is 1.52 bits per heavy atom. The van der Waals surface area contributed by atoms with E-state index in [1.165, 1.54) is 0 Å². The number of aromatic nitrogens is 2. The Morgan fingerprint density at radius 1 is 1.03 bits per heavy atom. The maximum absolute atomic E-state index is 10.9. The number of amides is 1. The molecular formula is C19H23Cl6N3O3. The van der Waals surface area contributed by atoms with Crippen LogP contribution in [0.25, 0.3) is 5.69 Å². The average molecular weight is 554 g/mol. The standard InChI is InChI=1S/C15H19N3O2.C4H4Cl6O/c1-10-5-7-11(8-6-10)18-13(16-14(19)20)9-12(17-18)15(2,3)4;5-3(6,7)1-11-2-4(8,9)10/h5-9,16H,1-4H3,(H,19,20);1-2H2. The third kappa shape index (κ3) is 11.7. The molecule has 0 radical (unpaired) electrons. The Labute approximate surface area is 211 Å². The zero-order chi connectivity index (χ0) is 24.0. The van der Waals surface area contributed by atoms with Gasteiger partial charge in [-0.3, -0.25) is 5.32 Å². The van der Waals surface area contributed by atoms with Crippen LogP contribution in [0.3, 0.4) is 0 Å². The number of alkyl halides is 6. The van der Waals surface area contributed by atoms with Crippen molar-refractivity contribution in [2.75, 3.05) is 18.5 Å². The smallest absolute Gasteiger partial charge is 0.410 e. The molecule has 1 heterocycles. The number of carboxylic acid groups (broad SMARTS) is 1. The molecule has 0 bridgehead atoms. The second-order valence-electron chi connectivity index (χ2n) is 7.57. The van der Waals surface area contributed by atoms with Crippen LogP contribution in [0.4, 0.5) is 10.6 Å². The number of nitrogens with one attached hydrogen (secondary N) is 1. The number of carbonyl (C=O) groups is 1. The SMILES string of the molecule is Cc1ccc(-n2nc(C(C)(C)C)cc2NC(=O)O)cc1.ClC(Cl)(Cl)COCC(Cl)(Cl)Cl. The highest BCUT2D eigenvalue weighted by Crippen LogP contribution is 2.30. The topological polar surface area (TPSA) is 76.4 Å². The third-order valence-corrected chi connectivity index (χ3v) is 4.18. The molecule has 6 nitrogen and oxygen atoms in total. The number of halogens is 6. The van der Waals surface area contributed by atoms with Crippen LogP contribution in [0.15, 0.2) is 30.3 Å². The van der Waals surface area contributed by atoms with Gasteiger partial charge in [0.15, 0.2) is 0 Å². The summed E-state index contributed by atoms with van der Waals surface area (Å²) in [6, 6.07) is 9.55. The van der Waals surface area contributed by atoms with Crippen molar-refractivity contribution in [2.24, 2.45) is 0 Å². The normalized spacial score (nSPS) is 12.2. The van der Waals surface area contributed by atoms with Gasteiger partial charge in [-0.05, 0) is 19.1 Å². The molecule has 31 heavy (non-hydrogen) atoms. The lowest BCUT2D eigenvalue weighted by Crippen LogP contribution is -2.19. The summed E-state index contributed by atoms with van der Waals surface area (Å²) in [5.41, 5.74) is 2.66. The summed E-state index contributed by atoms with van der Waals surface area (Å²) in [6.07, 6.45) is -1.10. The molecule has 174 valence electrons. The monoisotopic (exact) mass is 551 g/mol. The van der Waals surface area contributed by atoms with E-state index in [-0.39, 0.29) is 18.6 Å². The number of benzene rings is 1. The first kappa shape index (κ1) is 28.4. The van der Waals surface area contributed by atoms with Crippen molar-refractivity contribution in [3.05, 3.63) is 41.6 Å². The van der Waals surface area contributed by atoms with Crippen LogP contribution >= 0.6 is 69.6 Å². The minimum atomic E-state index is -1.46. The Hall–Kier alpha value is -0.600. The molecule has 0 spiro atoms. The quantitative estimate of drug-likeness (QED) is 0.389. The van der Waals surface area contributed by atoms with Crippen molar-refractivity contribution in [1.29, 1.82) is 0 Å². The van der Waals surface area contributed by atoms with E-state index >= 15 is 0 Å². The second kappa shape index (κ2) is 11.5. The van der Waals surface area contributed by atoms with E-state index in [4.69, 9.17) is 79.4 Å². The molecule has 0 fully saturated rings. The molecular weight excluding hydrogens is 531 g/mol. The summed E-state index contributed by atoms with van der Waals surface area (Å²) in [4.78, 5) is 10.9. The van der Waals surface area contributed by atoms with Crippen molar-refractivity contribution in [3.63, 3.8) is 0 Å². The van der Waals surface area contributed by atoms with E-state index in [0.29, 0.717) is 5.82 Å². The Kier molecular flexibility index (Phi) is 10.6. The lowest BCUT2D eigenvalue weighted by Gasteiger charge is -2.14. The van der Waals surface area contributed by atoms with E-state index in [1.807, 2.05) is 52.0 Å². The maximum atomic E-state index is 10.9. The molecule has 0 aliphatic carbocycles. The molecule has 0 saturated carbocycles. The van der Waals surface area contributed by atoms with Crippen molar-refractivity contribution in [1.82, 2.24) is 9.78 Å². The molecule has 0 saturated heterocycles. The maximum Gasteiger partial charge on any atom is 0.410 e. The lowest BCUT2D eigenvalue weighted by atomic mass is 9.92. The summed E-state index contributed by atoms with van der Waals surface area (Å²) in [5, 5.41) is 15.9. The van der Waals surface area contributed by atoms with Gasteiger partial charge >= 0.3 is 6.09 Å². The lowest BCUT2D eigenvalue weighted by molar-refractivity contribution is 0.144. The van der Waals surface area contributed by atoms with Crippen molar-refractivity contribution < 1.29 is 14.6 Å². The van der Waals surface area contributed by atoms with Gasteiger partial charge in [0.2, 0.25) is 7.59 Å². The molecule has 0 aliphatic rings. The summed E-state index contributed by atoms with van der Waals surface area (Å²) in [5.74, 6) is 0.450. The molecule has 0 unspecified atom stereocenters. The van der Waals surface area contributed by atoms with Gasteiger partial charge in [0.25, 0.3) is 0 Å². The first-order valence-electron chi connectivity index (χ1n) is 8.87. The number of rotatable bonds is 4. The minimum Gasteiger partial charge on any atom is -0.465 e. The fraction of sp³-hybridized carbons (Fsp3) is 0.474. The van der Waals surface area contributed by atoms with Gasteiger partial charge in [-0.25, -0.2) is 9.48 Å². The molecule has 0 aliphatic heterocycles. The highest BCUT2D eigenvalue weighted by atomic mass is 35.6. The fourth-order valence-corrected chi connectivity index (χ4v) is 2.57. The third-order valence-electron chi connectivity index (χ3n) is 3.52. The van der Waals surface area contributed by atoms with Crippen molar-refractivity contribution in [2.45, 2.75) is 40.7 Å². The van der Waals surface area contributed by atoms with Gasteiger partial charge < -0.3 is 9.84 Å². The molecule has 1 aromatic heterocycles. The average Bonchev–Trinajstić information content (AvgIpc) is 2.97. The Bertz CT molecular complexity index is 839. The second-order valence-corrected chi connectivity index (χ2v) is 12.6. The van der Waals surface area contributed by atoms with Gasteiger partial charge in [-0.1, -0.05) is 108 Å². The highest BCUT2D eigenvalue weighted by molar-refractivity contribution is 6.68. The van der Waals surface area contributed by atoms with Crippen LogP contribution in [0.1, 0.15) is 32.0 Å². The number of ether oxygens (including phenoxy) is 1. The van der Waals surface area contributed by atoms with E-state index < -0.39 is 13.7 Å². The highest BCUT2D eigenvalue weighted by Gasteiger charge is 2.25. The van der Waals surface area contributed by atoms with Crippen LogP contribution in [-0.4, -0.2) is 41.8 Å². The van der Waals surface area contributed by atoms with Gasteiger partial charge in [-0.2, -0.15) is 5.10 Å². The zero-order valence-corrected chi connectivity index (χ0v) is 21.8. The predicted octanol–water partition coefficient (Wildman–Crippen LogP) is 7.31. The molecule has 2 aromatic rings. The number of hydrogen-bond donors (Lipinski definition) is 2. The van der Waals surface area contributed by atoms with E-state index in [2.05, 4.69) is 10.4 Å². The van der Waals surface area contributed by atoms with Gasteiger partial charge in [-0.15, -0.1) is 0 Å². The fourth-order valence-electron chi connectivity index (χ4n) is 2.11. The molecule has 0 atom stereocenters. The van der Waals surface area contributed by atoms with Crippen LogP contribution in [0.2, 0.25) is 0 Å².